The average molecular weight is 499 g/mol. The molecule has 0 unspecified atom stereocenters. The van der Waals surface area contributed by atoms with E-state index in [1.807, 2.05) is 0 Å². The van der Waals surface area contributed by atoms with Gasteiger partial charge in [-0.05, 0) is 43.2 Å². The molecular weight excluding hydrogens is 481 g/mol. The summed E-state index contributed by atoms with van der Waals surface area (Å²) in [5, 5.41) is 3.83. The number of halogens is 3. The van der Waals surface area contributed by atoms with Crippen molar-refractivity contribution in [2.45, 2.75) is 19.8 Å². The largest absolute Gasteiger partial charge is 0.497 e. The van der Waals surface area contributed by atoms with Crippen LogP contribution in [0.4, 0.5) is 5.69 Å². The van der Waals surface area contributed by atoms with Gasteiger partial charge in [0, 0.05) is 28.5 Å². The Labute approximate surface area is 198 Å². The van der Waals surface area contributed by atoms with Crippen molar-refractivity contribution in [1.82, 2.24) is 0 Å². The zero-order valence-corrected chi connectivity index (χ0v) is 19.4. The highest BCUT2D eigenvalue weighted by Gasteiger charge is 2.16. The van der Waals surface area contributed by atoms with Gasteiger partial charge in [-0.15, -0.1) is 0 Å². The first-order chi connectivity index (χ1) is 15.2. The summed E-state index contributed by atoms with van der Waals surface area (Å²) in [4.78, 5) is 36.5. The molecule has 7 nitrogen and oxygen atoms in total. The van der Waals surface area contributed by atoms with Crippen LogP contribution in [0.5, 0.6) is 5.75 Å². The molecule has 32 heavy (non-hydrogen) atoms. The smallest absolute Gasteiger partial charge is 0.339 e. The van der Waals surface area contributed by atoms with Gasteiger partial charge >= 0.3 is 11.6 Å². The zero-order chi connectivity index (χ0) is 23.4. The average Bonchev–Trinajstić information content (AvgIpc) is 2.74. The third-order valence-corrected chi connectivity index (χ3v) is 5.52. The molecule has 0 aliphatic carbocycles. The molecule has 2 aromatic carbocycles. The van der Waals surface area contributed by atoms with Crippen LogP contribution in [0, 0.1) is 6.92 Å². The molecule has 0 saturated carbocycles. The van der Waals surface area contributed by atoms with E-state index in [4.69, 9.17) is 48.7 Å². The van der Waals surface area contributed by atoms with Gasteiger partial charge in [0.1, 0.15) is 11.3 Å². The van der Waals surface area contributed by atoms with Crippen molar-refractivity contribution in [3.05, 3.63) is 66.9 Å². The van der Waals surface area contributed by atoms with Gasteiger partial charge in [-0.3, -0.25) is 9.59 Å². The molecular formula is C22H18Cl3NO6. The Hall–Kier alpha value is -2.74. The highest BCUT2D eigenvalue weighted by Crippen LogP contribution is 2.33. The van der Waals surface area contributed by atoms with Crippen molar-refractivity contribution < 1.29 is 23.5 Å². The SMILES string of the molecule is COc1ccc2c(C)c(CCC(=O)OCC(=O)Nc3c(Cl)cc(Cl)cc3Cl)c(=O)oc2c1. The number of hydrogen-bond acceptors (Lipinski definition) is 6. The van der Waals surface area contributed by atoms with E-state index in [2.05, 4.69) is 5.32 Å². The van der Waals surface area contributed by atoms with Crippen molar-refractivity contribution in [2.75, 3.05) is 19.0 Å². The molecule has 0 bridgehead atoms. The second kappa shape index (κ2) is 10.3. The van der Waals surface area contributed by atoms with Gasteiger partial charge in [-0.25, -0.2) is 4.79 Å². The van der Waals surface area contributed by atoms with E-state index in [9.17, 15) is 14.4 Å². The van der Waals surface area contributed by atoms with E-state index < -0.39 is 24.1 Å². The topological polar surface area (TPSA) is 94.8 Å². The molecule has 168 valence electrons. The van der Waals surface area contributed by atoms with Gasteiger partial charge in [0.05, 0.1) is 22.8 Å². The van der Waals surface area contributed by atoms with Crippen LogP contribution in [-0.2, 0) is 20.7 Å². The summed E-state index contributed by atoms with van der Waals surface area (Å²) in [7, 11) is 1.52. The molecule has 0 atom stereocenters. The van der Waals surface area contributed by atoms with Gasteiger partial charge in [-0.2, -0.15) is 0 Å². The number of amides is 1. The number of esters is 1. The fraction of sp³-hybridized carbons (Fsp3) is 0.227. The van der Waals surface area contributed by atoms with Gasteiger partial charge in [-0.1, -0.05) is 34.8 Å². The molecule has 0 radical (unpaired) electrons. The van der Waals surface area contributed by atoms with Crippen molar-refractivity contribution in [3.63, 3.8) is 0 Å². The Kier molecular flexibility index (Phi) is 7.66. The summed E-state index contributed by atoms with van der Waals surface area (Å²) in [6, 6.07) is 8.00. The number of hydrogen-bond donors (Lipinski definition) is 1. The first kappa shape index (κ1) is 23.9. The van der Waals surface area contributed by atoms with E-state index in [0.717, 1.165) is 5.39 Å². The quantitative estimate of drug-likeness (QED) is 0.356. The standard InChI is InChI=1S/C22H18Cl3NO6/c1-11-14-4-3-13(30-2)9-18(14)32-22(29)15(11)5-6-20(28)31-10-19(27)26-21-16(24)7-12(23)8-17(21)25/h3-4,7-9H,5-6,10H2,1-2H3,(H,26,27). The number of carbonyl (C=O) groups excluding carboxylic acids is 2. The van der Waals surface area contributed by atoms with Crippen molar-refractivity contribution in [3.8, 4) is 5.75 Å². The van der Waals surface area contributed by atoms with Crippen LogP contribution < -0.4 is 15.7 Å². The normalized spacial score (nSPS) is 10.8. The number of fused-ring (bicyclic) bond motifs is 1. The zero-order valence-electron chi connectivity index (χ0n) is 17.1. The number of nitrogens with one attached hydrogen (secondary N) is 1. The highest BCUT2D eigenvalue weighted by molar-refractivity contribution is 6.42. The Morgan fingerprint density at radius 1 is 1.09 bits per heavy atom. The summed E-state index contributed by atoms with van der Waals surface area (Å²) >= 11 is 17.8. The lowest BCUT2D eigenvalue weighted by Crippen LogP contribution is -2.22. The van der Waals surface area contributed by atoms with E-state index in [1.165, 1.54) is 19.2 Å². The van der Waals surface area contributed by atoms with Gasteiger partial charge in [0.2, 0.25) is 0 Å². The second-order valence-electron chi connectivity index (χ2n) is 6.81. The maximum Gasteiger partial charge on any atom is 0.339 e. The second-order valence-corrected chi connectivity index (χ2v) is 8.06. The van der Waals surface area contributed by atoms with Crippen LogP contribution in [0.15, 0.2) is 39.5 Å². The van der Waals surface area contributed by atoms with Crippen LogP contribution in [0.2, 0.25) is 15.1 Å². The van der Waals surface area contributed by atoms with E-state index in [0.29, 0.717) is 27.5 Å². The Morgan fingerprint density at radius 3 is 2.44 bits per heavy atom. The fourth-order valence-electron chi connectivity index (χ4n) is 3.07. The Morgan fingerprint density at radius 2 is 1.78 bits per heavy atom. The predicted octanol–water partition coefficient (Wildman–Crippen LogP) is 5.18. The van der Waals surface area contributed by atoms with Crippen molar-refractivity contribution in [1.29, 1.82) is 0 Å². The molecule has 3 rings (SSSR count). The third kappa shape index (κ3) is 5.54. The first-order valence-corrected chi connectivity index (χ1v) is 10.5. The molecule has 3 aromatic rings. The molecule has 0 aliphatic rings. The lowest BCUT2D eigenvalue weighted by atomic mass is 10.0. The van der Waals surface area contributed by atoms with Crippen molar-refractivity contribution in [2.24, 2.45) is 0 Å². The molecule has 1 N–H and O–H groups in total. The number of ether oxygens (including phenoxy) is 2. The molecule has 0 aliphatic heterocycles. The molecule has 1 aromatic heterocycles. The molecule has 10 heteroatoms. The maximum absolute atomic E-state index is 12.4. The highest BCUT2D eigenvalue weighted by atomic mass is 35.5. The number of carbonyl (C=O) groups is 2. The lowest BCUT2D eigenvalue weighted by Gasteiger charge is -2.11. The number of methoxy groups -OCH3 is 1. The maximum atomic E-state index is 12.4. The minimum atomic E-state index is -0.651. The molecule has 0 spiro atoms. The summed E-state index contributed by atoms with van der Waals surface area (Å²) in [5.41, 5.74) is 1.09. The van der Waals surface area contributed by atoms with Gasteiger partial charge in [0.25, 0.3) is 5.91 Å². The monoisotopic (exact) mass is 497 g/mol. The fourth-order valence-corrected chi connectivity index (χ4v) is 3.98. The van der Waals surface area contributed by atoms with E-state index in [1.54, 1.807) is 25.1 Å². The first-order valence-electron chi connectivity index (χ1n) is 9.40. The van der Waals surface area contributed by atoms with Crippen molar-refractivity contribution >= 4 is 63.3 Å². The minimum Gasteiger partial charge on any atom is -0.497 e. The summed E-state index contributed by atoms with van der Waals surface area (Å²) in [6.07, 6.45) is -0.00553. The lowest BCUT2D eigenvalue weighted by molar-refractivity contribution is -0.147. The van der Waals surface area contributed by atoms with Crippen LogP contribution in [-0.4, -0.2) is 25.6 Å². The summed E-state index contributed by atoms with van der Waals surface area (Å²) < 4.78 is 15.5. The van der Waals surface area contributed by atoms with Gasteiger partial charge in [0.15, 0.2) is 6.61 Å². The number of benzene rings is 2. The van der Waals surface area contributed by atoms with E-state index in [-0.39, 0.29) is 28.6 Å². The summed E-state index contributed by atoms with van der Waals surface area (Å²) in [5.74, 6) is -0.710. The number of aryl methyl sites for hydroxylation is 1. The number of rotatable bonds is 7. The Bertz CT molecular complexity index is 1230. The van der Waals surface area contributed by atoms with Crippen LogP contribution in [0.1, 0.15) is 17.5 Å². The molecule has 0 saturated heterocycles. The minimum absolute atomic E-state index is 0.103. The van der Waals surface area contributed by atoms with E-state index >= 15 is 0 Å². The van der Waals surface area contributed by atoms with Crippen LogP contribution >= 0.6 is 34.8 Å². The van der Waals surface area contributed by atoms with Crippen LogP contribution in [0.3, 0.4) is 0 Å². The summed E-state index contributed by atoms with van der Waals surface area (Å²) in [6.45, 7) is 1.23. The Balaban J connectivity index is 1.60. The molecule has 1 heterocycles. The predicted molar refractivity (Wildman–Crippen MR) is 123 cm³/mol. The number of anilines is 1. The molecule has 0 fully saturated rings. The van der Waals surface area contributed by atoms with Gasteiger partial charge < -0.3 is 19.2 Å². The third-order valence-electron chi connectivity index (χ3n) is 4.71. The molecule has 1 amide bonds. The van der Waals surface area contributed by atoms with Crippen LogP contribution in [0.25, 0.3) is 11.0 Å².